The van der Waals surface area contributed by atoms with Crippen LogP contribution in [0.4, 0.5) is 5.82 Å². The normalized spacial score (nSPS) is 10.9. The second kappa shape index (κ2) is 6.28. The Morgan fingerprint density at radius 1 is 1.04 bits per heavy atom. The molecule has 0 atom stereocenters. The van der Waals surface area contributed by atoms with Crippen molar-refractivity contribution >= 4 is 11.5 Å². The highest BCUT2D eigenvalue weighted by molar-refractivity contribution is 5.63. The average molecular weight is 330 g/mol. The molecule has 2 aromatic carbocycles. The lowest BCUT2D eigenvalue weighted by Crippen LogP contribution is -2.04. The highest BCUT2D eigenvalue weighted by Crippen LogP contribution is 2.21. The summed E-state index contributed by atoms with van der Waals surface area (Å²) in [6, 6.07) is 19.3. The Morgan fingerprint density at radius 3 is 2.68 bits per heavy atom. The minimum atomic E-state index is 0.263. The Bertz CT molecular complexity index is 1020. The number of hydrogen-bond donors (Lipinski definition) is 2. The van der Waals surface area contributed by atoms with Gasteiger partial charge in [-0.15, -0.1) is 5.10 Å². The molecule has 0 spiro atoms. The maximum absolute atomic E-state index is 9.55. The Balaban J connectivity index is 1.63. The van der Waals surface area contributed by atoms with Crippen LogP contribution >= 0.6 is 0 Å². The van der Waals surface area contributed by atoms with Gasteiger partial charge in [0.15, 0.2) is 5.65 Å². The maximum atomic E-state index is 9.55. The van der Waals surface area contributed by atoms with E-state index < -0.39 is 0 Å². The van der Waals surface area contributed by atoms with Crippen molar-refractivity contribution in [1.82, 2.24) is 14.6 Å². The number of phenols is 1. The predicted octanol–water partition coefficient (Wildman–Crippen LogP) is 4.02. The molecule has 2 heterocycles. The van der Waals surface area contributed by atoms with Crippen molar-refractivity contribution in [2.45, 2.75) is 13.5 Å². The number of hydrogen-bond acceptors (Lipinski definition) is 4. The van der Waals surface area contributed by atoms with Crippen LogP contribution in [-0.2, 0) is 6.54 Å². The van der Waals surface area contributed by atoms with Gasteiger partial charge >= 0.3 is 0 Å². The largest absolute Gasteiger partial charge is 0.508 e. The van der Waals surface area contributed by atoms with E-state index in [0.29, 0.717) is 6.54 Å². The van der Waals surface area contributed by atoms with Crippen LogP contribution < -0.4 is 5.32 Å². The Morgan fingerprint density at radius 2 is 1.88 bits per heavy atom. The van der Waals surface area contributed by atoms with Crippen LogP contribution in [0, 0.1) is 6.92 Å². The topological polar surface area (TPSA) is 62.5 Å². The molecule has 4 rings (SSSR count). The third-order valence-corrected chi connectivity index (χ3v) is 4.09. The molecule has 0 saturated heterocycles. The number of aryl methyl sites for hydroxylation is 1. The van der Waals surface area contributed by atoms with Crippen molar-refractivity contribution in [2.75, 3.05) is 5.32 Å². The molecule has 0 aliphatic rings. The molecular weight excluding hydrogens is 312 g/mol. The summed E-state index contributed by atoms with van der Waals surface area (Å²) in [5, 5.41) is 17.5. The number of phenolic OH excluding ortho intramolecular Hbond substituents is 1. The summed E-state index contributed by atoms with van der Waals surface area (Å²) in [6.45, 7) is 2.65. The van der Waals surface area contributed by atoms with E-state index in [1.807, 2.05) is 35.0 Å². The lowest BCUT2D eigenvalue weighted by molar-refractivity contribution is 0.474. The van der Waals surface area contributed by atoms with Crippen molar-refractivity contribution in [3.05, 3.63) is 78.0 Å². The maximum Gasteiger partial charge on any atom is 0.154 e. The number of nitrogens with zero attached hydrogens (tertiary/aromatic N) is 3. The van der Waals surface area contributed by atoms with Gasteiger partial charge in [0.1, 0.15) is 11.6 Å². The van der Waals surface area contributed by atoms with Gasteiger partial charge in [-0.3, -0.25) is 0 Å². The first-order valence-corrected chi connectivity index (χ1v) is 8.13. The zero-order valence-electron chi connectivity index (χ0n) is 13.8. The van der Waals surface area contributed by atoms with Gasteiger partial charge in [-0.2, -0.15) is 0 Å². The number of rotatable bonds is 4. The quantitative estimate of drug-likeness (QED) is 0.593. The number of fused-ring (bicyclic) bond motifs is 1. The van der Waals surface area contributed by atoms with Crippen LogP contribution in [0.3, 0.4) is 0 Å². The molecular formula is C20H18N4O. The number of aromatic hydroxyl groups is 1. The second-order valence-electron chi connectivity index (χ2n) is 6.02. The zero-order chi connectivity index (χ0) is 17.2. The fraction of sp³-hybridized carbons (Fsp3) is 0.100. The van der Waals surface area contributed by atoms with Gasteiger partial charge in [0.05, 0.1) is 11.9 Å². The Kier molecular flexibility index (Phi) is 3.82. The molecule has 5 nitrogen and oxygen atoms in total. The molecule has 5 heteroatoms. The van der Waals surface area contributed by atoms with Crippen molar-refractivity contribution in [1.29, 1.82) is 0 Å². The van der Waals surface area contributed by atoms with Crippen LogP contribution in [0.25, 0.3) is 16.9 Å². The highest BCUT2D eigenvalue weighted by atomic mass is 16.3. The molecule has 0 radical (unpaired) electrons. The number of anilines is 1. The van der Waals surface area contributed by atoms with Crippen molar-refractivity contribution < 1.29 is 5.11 Å². The van der Waals surface area contributed by atoms with Crippen LogP contribution in [-0.4, -0.2) is 19.7 Å². The molecule has 0 aliphatic heterocycles. The summed E-state index contributed by atoms with van der Waals surface area (Å²) in [7, 11) is 0. The lowest BCUT2D eigenvalue weighted by atomic mass is 10.1. The number of imidazole rings is 1. The van der Waals surface area contributed by atoms with E-state index in [1.165, 1.54) is 5.56 Å². The smallest absolute Gasteiger partial charge is 0.154 e. The van der Waals surface area contributed by atoms with Gasteiger partial charge < -0.3 is 10.4 Å². The van der Waals surface area contributed by atoms with Gasteiger partial charge in [-0.1, -0.05) is 42.0 Å². The van der Waals surface area contributed by atoms with Gasteiger partial charge in [0.2, 0.25) is 0 Å². The van der Waals surface area contributed by atoms with E-state index in [1.54, 1.807) is 12.1 Å². The minimum Gasteiger partial charge on any atom is -0.508 e. The first kappa shape index (κ1) is 15.2. The molecule has 0 fully saturated rings. The first-order chi connectivity index (χ1) is 12.2. The predicted molar refractivity (Wildman–Crippen MR) is 98.6 cm³/mol. The summed E-state index contributed by atoms with van der Waals surface area (Å²) < 4.78 is 1.84. The van der Waals surface area contributed by atoms with E-state index in [-0.39, 0.29) is 5.75 Å². The van der Waals surface area contributed by atoms with Crippen LogP contribution in [0.2, 0.25) is 0 Å². The monoisotopic (exact) mass is 330 g/mol. The average Bonchev–Trinajstić information content (AvgIpc) is 3.04. The summed E-state index contributed by atoms with van der Waals surface area (Å²) in [5.74, 6) is 1.01. The van der Waals surface area contributed by atoms with E-state index in [9.17, 15) is 5.11 Å². The number of benzene rings is 2. The van der Waals surface area contributed by atoms with Gasteiger partial charge in [-0.05, 0) is 36.8 Å². The SMILES string of the molecule is Cc1ccc(-c2cnc3ccc(NCc4cccc(O)c4)nn23)cc1. The van der Waals surface area contributed by atoms with E-state index in [4.69, 9.17) is 0 Å². The lowest BCUT2D eigenvalue weighted by Gasteiger charge is -2.08. The third kappa shape index (κ3) is 3.17. The standard InChI is InChI=1S/C20H18N4O/c1-14-5-7-16(8-6-14)18-13-22-20-10-9-19(23-24(18)20)21-12-15-3-2-4-17(25)11-15/h2-11,13,25H,12H2,1H3,(H,21,23). The van der Waals surface area contributed by atoms with E-state index in [2.05, 4.69) is 46.6 Å². The fourth-order valence-corrected chi connectivity index (χ4v) is 2.75. The number of aromatic nitrogens is 3. The molecule has 0 amide bonds. The van der Waals surface area contributed by atoms with Crippen molar-refractivity contribution in [2.24, 2.45) is 0 Å². The highest BCUT2D eigenvalue weighted by Gasteiger charge is 2.08. The Hall–Kier alpha value is -3.34. The zero-order valence-corrected chi connectivity index (χ0v) is 13.8. The van der Waals surface area contributed by atoms with E-state index >= 15 is 0 Å². The third-order valence-electron chi connectivity index (χ3n) is 4.09. The van der Waals surface area contributed by atoms with Crippen LogP contribution in [0.1, 0.15) is 11.1 Å². The Labute approximate surface area is 145 Å². The van der Waals surface area contributed by atoms with Crippen LogP contribution in [0.5, 0.6) is 5.75 Å². The van der Waals surface area contributed by atoms with Gasteiger partial charge in [0.25, 0.3) is 0 Å². The first-order valence-electron chi connectivity index (χ1n) is 8.13. The number of nitrogens with one attached hydrogen (secondary N) is 1. The summed E-state index contributed by atoms with van der Waals surface area (Å²) in [5.41, 5.74) is 5.05. The molecule has 124 valence electrons. The van der Waals surface area contributed by atoms with Gasteiger partial charge in [0, 0.05) is 12.1 Å². The van der Waals surface area contributed by atoms with Crippen LogP contribution in [0.15, 0.2) is 66.9 Å². The van der Waals surface area contributed by atoms with Gasteiger partial charge in [-0.25, -0.2) is 9.50 Å². The van der Waals surface area contributed by atoms with Crippen molar-refractivity contribution in [3.63, 3.8) is 0 Å². The molecule has 4 aromatic rings. The summed E-state index contributed by atoms with van der Waals surface area (Å²) in [6.07, 6.45) is 1.84. The molecule has 0 unspecified atom stereocenters. The molecule has 25 heavy (non-hydrogen) atoms. The fourth-order valence-electron chi connectivity index (χ4n) is 2.75. The molecule has 2 aromatic heterocycles. The summed E-state index contributed by atoms with van der Waals surface area (Å²) in [4.78, 5) is 4.43. The molecule has 2 N–H and O–H groups in total. The van der Waals surface area contributed by atoms with Crippen molar-refractivity contribution in [3.8, 4) is 17.0 Å². The molecule has 0 saturated carbocycles. The second-order valence-corrected chi connectivity index (χ2v) is 6.02. The molecule has 0 aliphatic carbocycles. The van der Waals surface area contributed by atoms with E-state index in [0.717, 1.165) is 28.3 Å². The minimum absolute atomic E-state index is 0.263. The summed E-state index contributed by atoms with van der Waals surface area (Å²) >= 11 is 0. The molecule has 0 bridgehead atoms.